The first-order valence-electron chi connectivity index (χ1n) is 10.4. The maximum Gasteiger partial charge on any atom is 0.300 e. The van der Waals surface area contributed by atoms with Crippen LogP contribution in [0.15, 0.2) is 78.4 Å². The van der Waals surface area contributed by atoms with Gasteiger partial charge in [0.2, 0.25) is 0 Å². The van der Waals surface area contributed by atoms with Gasteiger partial charge in [-0.25, -0.2) is 4.39 Å². The van der Waals surface area contributed by atoms with Gasteiger partial charge < -0.3 is 14.6 Å². The molecule has 1 heterocycles. The highest BCUT2D eigenvalue weighted by Gasteiger charge is 2.47. The van der Waals surface area contributed by atoms with Gasteiger partial charge in [-0.2, -0.15) is 0 Å². The van der Waals surface area contributed by atoms with Gasteiger partial charge in [-0.1, -0.05) is 18.2 Å². The van der Waals surface area contributed by atoms with Crippen LogP contribution in [0.2, 0.25) is 0 Å². The van der Waals surface area contributed by atoms with Crippen molar-refractivity contribution in [2.75, 3.05) is 18.6 Å². The first-order valence-corrected chi connectivity index (χ1v) is 10.4. The van der Waals surface area contributed by atoms with Gasteiger partial charge >= 0.3 is 0 Å². The van der Waals surface area contributed by atoms with E-state index in [1.807, 2.05) is 6.92 Å². The molecular formula is C26H22FNO5. The molecule has 6 nitrogen and oxygen atoms in total. The number of nitrogens with zero attached hydrogens (tertiary/aromatic N) is 1. The van der Waals surface area contributed by atoms with Gasteiger partial charge in [0.25, 0.3) is 11.7 Å². The Morgan fingerprint density at radius 1 is 0.970 bits per heavy atom. The summed E-state index contributed by atoms with van der Waals surface area (Å²) in [4.78, 5) is 27.4. The molecule has 0 aliphatic carbocycles. The Hall–Kier alpha value is -4.13. The number of halogens is 1. The summed E-state index contributed by atoms with van der Waals surface area (Å²) in [6.45, 7) is 2.33. The van der Waals surface area contributed by atoms with Crippen LogP contribution in [0.4, 0.5) is 10.1 Å². The number of Topliss-reactive ketones (excluding diaryl/α,β-unsaturated/α-hetero) is 1. The number of rotatable bonds is 6. The fourth-order valence-electron chi connectivity index (χ4n) is 3.86. The Bertz CT molecular complexity index is 1220. The van der Waals surface area contributed by atoms with Crippen LogP contribution >= 0.6 is 0 Å². The normalized spacial score (nSPS) is 17.3. The minimum Gasteiger partial charge on any atom is -0.507 e. The van der Waals surface area contributed by atoms with E-state index in [0.29, 0.717) is 29.4 Å². The van der Waals surface area contributed by atoms with E-state index in [4.69, 9.17) is 9.47 Å². The SMILES string of the molecule is CCOc1ccc(/C(O)=C2\C(=O)C(=O)N(c3ccc(OC)cc3)[C@H]2c2ccccc2F)cc1. The fourth-order valence-corrected chi connectivity index (χ4v) is 3.86. The van der Waals surface area contributed by atoms with Crippen LogP contribution in [0.5, 0.6) is 11.5 Å². The number of ether oxygens (including phenoxy) is 2. The molecule has 4 rings (SSSR count). The van der Waals surface area contributed by atoms with Crippen LogP contribution in [0.3, 0.4) is 0 Å². The van der Waals surface area contributed by atoms with Gasteiger partial charge in [-0.15, -0.1) is 0 Å². The Morgan fingerprint density at radius 3 is 2.21 bits per heavy atom. The van der Waals surface area contributed by atoms with E-state index in [1.165, 1.54) is 30.2 Å². The molecule has 1 aliphatic heterocycles. The molecule has 1 saturated heterocycles. The van der Waals surface area contributed by atoms with Crippen LogP contribution in [-0.4, -0.2) is 30.5 Å². The molecule has 1 N–H and O–H groups in total. The average molecular weight is 447 g/mol. The van der Waals surface area contributed by atoms with E-state index in [1.54, 1.807) is 54.6 Å². The molecule has 3 aromatic rings. The summed E-state index contributed by atoms with van der Waals surface area (Å²) in [6.07, 6.45) is 0. The van der Waals surface area contributed by atoms with E-state index in [9.17, 15) is 19.1 Å². The Kier molecular flexibility index (Phi) is 6.13. The minimum atomic E-state index is -1.15. The molecule has 168 valence electrons. The van der Waals surface area contributed by atoms with Crippen molar-refractivity contribution in [3.63, 3.8) is 0 Å². The Labute approximate surface area is 190 Å². The number of aliphatic hydroxyl groups excluding tert-OH is 1. The highest BCUT2D eigenvalue weighted by molar-refractivity contribution is 6.51. The van der Waals surface area contributed by atoms with Crippen molar-refractivity contribution in [1.29, 1.82) is 0 Å². The van der Waals surface area contributed by atoms with Gasteiger partial charge in [0.05, 0.1) is 25.3 Å². The summed E-state index contributed by atoms with van der Waals surface area (Å²) < 4.78 is 25.5. The van der Waals surface area contributed by atoms with Gasteiger partial charge in [-0.05, 0) is 61.5 Å². The molecule has 7 heteroatoms. The molecule has 0 radical (unpaired) electrons. The van der Waals surface area contributed by atoms with Crippen molar-refractivity contribution in [1.82, 2.24) is 0 Å². The van der Waals surface area contributed by atoms with Crippen molar-refractivity contribution >= 4 is 23.1 Å². The van der Waals surface area contributed by atoms with Crippen molar-refractivity contribution < 1.29 is 28.6 Å². The Morgan fingerprint density at radius 2 is 1.61 bits per heavy atom. The van der Waals surface area contributed by atoms with E-state index in [0.717, 1.165) is 0 Å². The number of hydrogen-bond donors (Lipinski definition) is 1. The third-order valence-electron chi connectivity index (χ3n) is 5.43. The van der Waals surface area contributed by atoms with Crippen LogP contribution in [0.1, 0.15) is 24.1 Å². The fraction of sp³-hybridized carbons (Fsp3) is 0.154. The van der Waals surface area contributed by atoms with Crippen LogP contribution in [-0.2, 0) is 9.59 Å². The maximum absolute atomic E-state index is 14.9. The zero-order valence-electron chi connectivity index (χ0n) is 18.1. The van der Waals surface area contributed by atoms with Crippen LogP contribution in [0, 0.1) is 5.82 Å². The molecule has 1 amide bonds. The van der Waals surface area contributed by atoms with Gasteiger partial charge in [0, 0.05) is 16.8 Å². The van der Waals surface area contributed by atoms with Gasteiger partial charge in [0.1, 0.15) is 23.1 Å². The number of hydrogen-bond acceptors (Lipinski definition) is 5. The largest absolute Gasteiger partial charge is 0.507 e. The average Bonchev–Trinajstić information content (AvgIpc) is 3.10. The third-order valence-corrected chi connectivity index (χ3v) is 5.43. The summed E-state index contributed by atoms with van der Waals surface area (Å²) in [5.74, 6) is -1.59. The molecule has 0 aromatic heterocycles. The van der Waals surface area contributed by atoms with Crippen molar-refractivity contribution in [2.45, 2.75) is 13.0 Å². The second-order valence-electron chi connectivity index (χ2n) is 7.35. The molecule has 1 aliphatic rings. The molecule has 1 fully saturated rings. The second-order valence-corrected chi connectivity index (χ2v) is 7.35. The number of methoxy groups -OCH3 is 1. The van der Waals surface area contributed by atoms with E-state index in [-0.39, 0.29) is 16.9 Å². The standard InChI is InChI=1S/C26H22FNO5/c1-3-33-19-12-8-16(9-13-19)24(29)22-23(20-6-4-5-7-21(20)27)28(26(31)25(22)30)17-10-14-18(32-2)15-11-17/h4-15,23,29H,3H2,1-2H3/b24-22+/t23-/m0/s1. The van der Waals surface area contributed by atoms with Crippen LogP contribution in [0.25, 0.3) is 5.76 Å². The maximum atomic E-state index is 14.9. The summed E-state index contributed by atoms with van der Waals surface area (Å²) in [7, 11) is 1.51. The summed E-state index contributed by atoms with van der Waals surface area (Å²) in [5.41, 5.74) is 0.592. The lowest BCUT2D eigenvalue weighted by Crippen LogP contribution is -2.29. The number of anilines is 1. The summed E-state index contributed by atoms with van der Waals surface area (Å²) >= 11 is 0. The zero-order valence-corrected chi connectivity index (χ0v) is 18.1. The number of amides is 1. The number of carbonyl (C=O) groups excluding carboxylic acids is 2. The first kappa shape index (κ1) is 22.1. The summed E-state index contributed by atoms with van der Waals surface area (Å²) in [6, 6.07) is 17.7. The number of carbonyl (C=O) groups is 2. The molecule has 33 heavy (non-hydrogen) atoms. The second kappa shape index (κ2) is 9.16. The van der Waals surface area contributed by atoms with E-state index >= 15 is 0 Å². The van der Waals surface area contributed by atoms with E-state index < -0.39 is 23.5 Å². The number of aliphatic hydroxyl groups is 1. The number of benzene rings is 3. The highest BCUT2D eigenvalue weighted by Crippen LogP contribution is 2.43. The summed E-state index contributed by atoms with van der Waals surface area (Å²) in [5, 5.41) is 11.1. The van der Waals surface area contributed by atoms with E-state index in [2.05, 4.69) is 0 Å². The molecule has 0 spiro atoms. The lowest BCUT2D eigenvalue weighted by molar-refractivity contribution is -0.132. The highest BCUT2D eigenvalue weighted by atomic mass is 19.1. The van der Waals surface area contributed by atoms with Crippen molar-refractivity contribution in [3.05, 3.63) is 95.3 Å². The monoisotopic (exact) mass is 447 g/mol. The topological polar surface area (TPSA) is 76.1 Å². The molecule has 1 atom stereocenters. The first-order chi connectivity index (χ1) is 16.0. The zero-order chi connectivity index (χ0) is 23.5. The number of ketones is 1. The smallest absolute Gasteiger partial charge is 0.300 e. The lowest BCUT2D eigenvalue weighted by Gasteiger charge is -2.25. The molecule has 3 aromatic carbocycles. The molecular weight excluding hydrogens is 425 g/mol. The molecule has 0 unspecified atom stereocenters. The van der Waals surface area contributed by atoms with Crippen molar-refractivity contribution in [2.24, 2.45) is 0 Å². The lowest BCUT2D eigenvalue weighted by atomic mass is 9.94. The predicted octanol–water partition coefficient (Wildman–Crippen LogP) is 4.86. The third kappa shape index (κ3) is 4.05. The van der Waals surface area contributed by atoms with Crippen molar-refractivity contribution in [3.8, 4) is 11.5 Å². The molecule has 0 saturated carbocycles. The predicted molar refractivity (Wildman–Crippen MR) is 122 cm³/mol. The quantitative estimate of drug-likeness (QED) is 0.332. The van der Waals surface area contributed by atoms with Crippen LogP contribution < -0.4 is 14.4 Å². The minimum absolute atomic E-state index is 0.0972. The van der Waals surface area contributed by atoms with Gasteiger partial charge in [0.15, 0.2) is 0 Å². The molecule has 0 bridgehead atoms. The van der Waals surface area contributed by atoms with Gasteiger partial charge in [-0.3, -0.25) is 14.5 Å². The Balaban J connectivity index is 1.89.